The van der Waals surface area contributed by atoms with E-state index >= 15 is 0 Å². The van der Waals surface area contributed by atoms with E-state index in [0.29, 0.717) is 31.1 Å². The van der Waals surface area contributed by atoms with Crippen LogP contribution in [-0.2, 0) is 21.2 Å². The van der Waals surface area contributed by atoms with Crippen molar-refractivity contribution in [2.45, 2.75) is 42.9 Å². The van der Waals surface area contributed by atoms with Crippen LogP contribution < -0.4 is 4.90 Å². The van der Waals surface area contributed by atoms with E-state index in [4.69, 9.17) is 4.98 Å². The lowest BCUT2D eigenvalue weighted by atomic mass is 10.1. The van der Waals surface area contributed by atoms with Gasteiger partial charge in [0.15, 0.2) is 5.13 Å². The van der Waals surface area contributed by atoms with E-state index in [9.17, 15) is 13.2 Å². The Labute approximate surface area is 203 Å². The van der Waals surface area contributed by atoms with Crippen molar-refractivity contribution in [2.24, 2.45) is 0 Å². The zero-order chi connectivity index (χ0) is 23.6. The van der Waals surface area contributed by atoms with Crippen LogP contribution in [0.3, 0.4) is 0 Å². The van der Waals surface area contributed by atoms with Crippen LogP contribution in [-0.4, -0.2) is 68.3 Å². The fraction of sp³-hybridized carbons (Fsp3) is 0.478. The Kier molecular flexibility index (Phi) is 7.49. The lowest BCUT2D eigenvalue weighted by Crippen LogP contribution is -2.48. The van der Waals surface area contributed by atoms with Gasteiger partial charge < -0.3 is 4.90 Å². The number of nitrogens with zero attached hydrogens (tertiary/aromatic N) is 4. The summed E-state index contributed by atoms with van der Waals surface area (Å²) in [5.41, 5.74) is 2.08. The number of fused-ring (bicyclic) bond motifs is 1. The first kappa shape index (κ1) is 24.3. The number of sulfonamides is 1. The van der Waals surface area contributed by atoms with Crippen molar-refractivity contribution >= 4 is 54.0 Å². The van der Waals surface area contributed by atoms with Crippen LogP contribution in [0, 0.1) is 0 Å². The molecule has 1 aliphatic rings. The Morgan fingerprint density at radius 2 is 2.03 bits per heavy atom. The summed E-state index contributed by atoms with van der Waals surface area (Å²) in [6.45, 7) is 3.79. The van der Waals surface area contributed by atoms with Crippen molar-refractivity contribution in [3.8, 4) is 0 Å². The van der Waals surface area contributed by atoms with Crippen molar-refractivity contribution in [1.29, 1.82) is 0 Å². The van der Waals surface area contributed by atoms with Crippen LogP contribution in [0.5, 0.6) is 0 Å². The molecule has 0 bridgehead atoms. The van der Waals surface area contributed by atoms with E-state index in [1.807, 2.05) is 26.2 Å². The standard InChI is InChI=1S/C23H30N4O3S3/c1-4-17-9-5-11-19-21(17)24-23(32-19)26(14-8-13-25(2)3)22(28)18-10-6-15-27(18)33(29,30)20-12-7-16-31-20/h5,7,9,11-12,16,18H,4,6,8,10,13-15H2,1-3H3. The monoisotopic (exact) mass is 506 g/mol. The molecule has 7 nitrogen and oxygen atoms in total. The molecule has 1 aromatic carbocycles. The molecule has 2 aromatic heterocycles. The van der Waals surface area contributed by atoms with Crippen LogP contribution in [0.2, 0.25) is 0 Å². The molecule has 1 fully saturated rings. The number of amides is 1. The van der Waals surface area contributed by atoms with Crippen LogP contribution in [0.1, 0.15) is 31.7 Å². The highest BCUT2D eigenvalue weighted by atomic mass is 32.2. The van der Waals surface area contributed by atoms with Crippen molar-refractivity contribution < 1.29 is 13.2 Å². The van der Waals surface area contributed by atoms with Gasteiger partial charge in [0.25, 0.3) is 10.0 Å². The molecule has 0 spiro atoms. The fourth-order valence-electron chi connectivity index (χ4n) is 4.22. The Hall–Kier alpha value is -1.85. The summed E-state index contributed by atoms with van der Waals surface area (Å²) in [6, 6.07) is 8.75. The summed E-state index contributed by atoms with van der Waals surface area (Å²) in [5.74, 6) is -0.177. The van der Waals surface area contributed by atoms with Gasteiger partial charge in [-0.2, -0.15) is 4.31 Å². The lowest BCUT2D eigenvalue weighted by molar-refractivity contribution is -0.121. The number of hydrogen-bond acceptors (Lipinski definition) is 7. The molecular weight excluding hydrogens is 476 g/mol. The first-order chi connectivity index (χ1) is 15.8. The van der Waals surface area contributed by atoms with Gasteiger partial charge in [-0.05, 0) is 69.4 Å². The topological polar surface area (TPSA) is 73.8 Å². The third-order valence-electron chi connectivity index (χ3n) is 5.90. The molecular formula is C23H30N4O3S3. The quantitative estimate of drug-likeness (QED) is 0.438. The molecule has 3 heterocycles. The number of para-hydroxylation sites is 1. The zero-order valence-corrected chi connectivity index (χ0v) is 21.7. The van der Waals surface area contributed by atoms with E-state index in [-0.39, 0.29) is 10.1 Å². The molecule has 1 unspecified atom stereocenters. The largest absolute Gasteiger partial charge is 0.309 e. The maximum Gasteiger partial charge on any atom is 0.253 e. The average Bonchev–Trinajstić information content (AvgIpc) is 3.55. The van der Waals surface area contributed by atoms with Gasteiger partial charge in [0, 0.05) is 13.1 Å². The van der Waals surface area contributed by atoms with Crippen molar-refractivity contribution in [1.82, 2.24) is 14.2 Å². The predicted octanol–water partition coefficient (Wildman–Crippen LogP) is 4.06. The molecule has 1 atom stereocenters. The molecule has 0 saturated carbocycles. The molecule has 10 heteroatoms. The number of hydrogen-bond donors (Lipinski definition) is 0. The molecule has 0 aliphatic carbocycles. The summed E-state index contributed by atoms with van der Waals surface area (Å²) in [6.07, 6.45) is 2.84. The highest BCUT2D eigenvalue weighted by molar-refractivity contribution is 7.91. The van der Waals surface area contributed by atoms with Gasteiger partial charge in [0.1, 0.15) is 10.3 Å². The number of aromatic nitrogens is 1. The number of carbonyl (C=O) groups is 1. The maximum atomic E-state index is 13.9. The van der Waals surface area contributed by atoms with Gasteiger partial charge >= 0.3 is 0 Å². The summed E-state index contributed by atoms with van der Waals surface area (Å²) in [7, 11) is 0.312. The minimum absolute atomic E-state index is 0.177. The lowest BCUT2D eigenvalue weighted by Gasteiger charge is -2.28. The number of aryl methyl sites for hydroxylation is 1. The summed E-state index contributed by atoms with van der Waals surface area (Å²) in [4.78, 5) is 22.5. The van der Waals surface area contributed by atoms with Crippen molar-refractivity contribution in [2.75, 3.05) is 38.6 Å². The summed E-state index contributed by atoms with van der Waals surface area (Å²) < 4.78 is 29.2. The molecule has 1 aliphatic heterocycles. The van der Waals surface area contributed by atoms with E-state index < -0.39 is 16.1 Å². The van der Waals surface area contributed by atoms with E-state index in [1.54, 1.807) is 22.4 Å². The second kappa shape index (κ2) is 10.2. The minimum Gasteiger partial charge on any atom is -0.309 e. The van der Waals surface area contributed by atoms with Crippen LogP contribution in [0.4, 0.5) is 5.13 Å². The molecule has 1 amide bonds. The van der Waals surface area contributed by atoms with Gasteiger partial charge in [-0.1, -0.05) is 36.5 Å². The van der Waals surface area contributed by atoms with Gasteiger partial charge in [-0.15, -0.1) is 11.3 Å². The number of rotatable bonds is 9. The predicted molar refractivity (Wildman–Crippen MR) is 136 cm³/mol. The summed E-state index contributed by atoms with van der Waals surface area (Å²) >= 11 is 2.69. The normalized spacial score (nSPS) is 17.3. The van der Waals surface area contributed by atoms with Crippen LogP contribution >= 0.6 is 22.7 Å². The average molecular weight is 507 g/mol. The molecule has 178 valence electrons. The number of benzene rings is 1. The van der Waals surface area contributed by atoms with Gasteiger partial charge in [-0.3, -0.25) is 9.69 Å². The molecule has 1 saturated heterocycles. The number of anilines is 1. The molecule has 0 radical (unpaired) electrons. The fourth-order valence-corrected chi connectivity index (χ4v) is 8.04. The zero-order valence-electron chi connectivity index (χ0n) is 19.2. The first-order valence-corrected chi connectivity index (χ1v) is 14.4. The number of thiazole rings is 1. The molecule has 33 heavy (non-hydrogen) atoms. The number of carbonyl (C=O) groups excluding carboxylic acids is 1. The highest BCUT2D eigenvalue weighted by Crippen LogP contribution is 2.34. The Morgan fingerprint density at radius 3 is 2.73 bits per heavy atom. The minimum atomic E-state index is -3.70. The molecule has 3 aromatic rings. The van der Waals surface area contributed by atoms with Crippen LogP contribution in [0.25, 0.3) is 10.2 Å². The van der Waals surface area contributed by atoms with Gasteiger partial charge in [0.05, 0.1) is 10.2 Å². The van der Waals surface area contributed by atoms with E-state index in [2.05, 4.69) is 17.9 Å². The Morgan fingerprint density at radius 1 is 1.21 bits per heavy atom. The van der Waals surface area contributed by atoms with Crippen molar-refractivity contribution in [3.63, 3.8) is 0 Å². The Balaban J connectivity index is 1.67. The highest BCUT2D eigenvalue weighted by Gasteiger charge is 2.42. The Bertz CT molecular complexity index is 1210. The third-order valence-corrected chi connectivity index (χ3v) is 10.2. The van der Waals surface area contributed by atoms with Crippen molar-refractivity contribution in [3.05, 3.63) is 41.3 Å². The van der Waals surface area contributed by atoms with Gasteiger partial charge in [0.2, 0.25) is 5.91 Å². The van der Waals surface area contributed by atoms with Gasteiger partial charge in [-0.25, -0.2) is 13.4 Å². The SMILES string of the molecule is CCc1cccc2sc(N(CCCN(C)C)C(=O)C3CCCN3S(=O)(=O)c3cccs3)nc12. The van der Waals surface area contributed by atoms with Crippen LogP contribution in [0.15, 0.2) is 39.9 Å². The number of thiophene rings is 1. The summed E-state index contributed by atoms with van der Waals surface area (Å²) in [5, 5.41) is 2.40. The van der Waals surface area contributed by atoms with E-state index in [0.717, 1.165) is 35.2 Å². The molecule has 4 rings (SSSR count). The third kappa shape index (κ3) is 5.00. The smallest absolute Gasteiger partial charge is 0.253 e. The second-order valence-corrected chi connectivity index (χ2v) is 12.5. The second-order valence-electron chi connectivity index (χ2n) is 8.47. The first-order valence-electron chi connectivity index (χ1n) is 11.2. The molecule has 0 N–H and O–H groups in total. The van der Waals surface area contributed by atoms with E-state index in [1.165, 1.54) is 27.0 Å². The maximum absolute atomic E-state index is 13.9.